The van der Waals surface area contributed by atoms with E-state index in [9.17, 15) is 4.79 Å². The van der Waals surface area contributed by atoms with Gasteiger partial charge >= 0.3 is 0 Å². The highest BCUT2D eigenvalue weighted by Gasteiger charge is 2.15. The summed E-state index contributed by atoms with van der Waals surface area (Å²) in [4.78, 5) is 11.2. The minimum Gasteiger partial charge on any atom is -0.482 e. The molecule has 5 nitrogen and oxygen atoms in total. The van der Waals surface area contributed by atoms with Gasteiger partial charge in [0, 0.05) is 19.2 Å². The van der Waals surface area contributed by atoms with Crippen LogP contribution in [-0.2, 0) is 11.3 Å². The molecule has 0 bridgehead atoms. The molecule has 104 valence electrons. The second-order valence-corrected chi connectivity index (χ2v) is 4.82. The standard InChI is InChI=1S/C14H20N2O3/c1-10(3-2-6-17)15-8-11-4-5-13-12(7-11)16-14(18)9-19-13/h4-5,7,10,15,17H,2-3,6,8-9H2,1H3,(H,16,18). The number of anilines is 1. The maximum atomic E-state index is 11.2. The summed E-state index contributed by atoms with van der Waals surface area (Å²) in [5, 5.41) is 15.0. The smallest absolute Gasteiger partial charge is 0.262 e. The molecule has 0 fully saturated rings. The van der Waals surface area contributed by atoms with Crippen LogP contribution in [0.5, 0.6) is 5.75 Å². The van der Waals surface area contributed by atoms with Gasteiger partial charge in [-0.25, -0.2) is 0 Å². The molecule has 1 aromatic rings. The zero-order valence-electron chi connectivity index (χ0n) is 11.1. The van der Waals surface area contributed by atoms with E-state index in [1.54, 1.807) is 0 Å². The van der Waals surface area contributed by atoms with Crippen LogP contribution in [0.4, 0.5) is 5.69 Å². The highest BCUT2D eigenvalue weighted by molar-refractivity contribution is 5.95. The number of nitrogens with one attached hydrogen (secondary N) is 2. The molecule has 1 heterocycles. The molecule has 5 heteroatoms. The Bertz CT molecular complexity index is 448. The lowest BCUT2D eigenvalue weighted by atomic mass is 10.1. The van der Waals surface area contributed by atoms with Crippen molar-refractivity contribution in [1.29, 1.82) is 0 Å². The highest BCUT2D eigenvalue weighted by Crippen LogP contribution is 2.28. The number of carbonyl (C=O) groups is 1. The molecule has 2 rings (SSSR count). The number of hydrogen-bond acceptors (Lipinski definition) is 4. The van der Waals surface area contributed by atoms with Gasteiger partial charge in [-0.1, -0.05) is 6.07 Å². The molecule has 0 aliphatic carbocycles. The SMILES string of the molecule is CC(CCCO)NCc1ccc2c(c1)NC(=O)CO2. The van der Waals surface area contributed by atoms with Gasteiger partial charge < -0.3 is 20.5 Å². The number of benzene rings is 1. The fraction of sp³-hybridized carbons (Fsp3) is 0.500. The fourth-order valence-corrected chi connectivity index (χ4v) is 2.03. The van der Waals surface area contributed by atoms with E-state index >= 15 is 0 Å². The van der Waals surface area contributed by atoms with Crippen LogP contribution >= 0.6 is 0 Å². The molecule has 0 saturated carbocycles. The van der Waals surface area contributed by atoms with Gasteiger partial charge in [0.05, 0.1) is 5.69 Å². The van der Waals surface area contributed by atoms with E-state index in [-0.39, 0.29) is 19.1 Å². The number of hydrogen-bond donors (Lipinski definition) is 3. The van der Waals surface area contributed by atoms with Gasteiger partial charge in [0.15, 0.2) is 6.61 Å². The van der Waals surface area contributed by atoms with Crippen LogP contribution in [-0.4, -0.2) is 30.3 Å². The molecule has 0 spiro atoms. The molecule has 0 aromatic heterocycles. The molecule has 1 atom stereocenters. The quantitative estimate of drug-likeness (QED) is 0.723. The van der Waals surface area contributed by atoms with Crippen molar-refractivity contribution >= 4 is 11.6 Å². The minimum absolute atomic E-state index is 0.0861. The van der Waals surface area contributed by atoms with E-state index in [1.165, 1.54) is 0 Å². The lowest BCUT2D eigenvalue weighted by Gasteiger charge is -2.19. The second kappa shape index (κ2) is 6.54. The van der Waals surface area contributed by atoms with E-state index in [0.717, 1.165) is 36.4 Å². The van der Waals surface area contributed by atoms with Gasteiger partial charge in [-0.05, 0) is 37.5 Å². The topological polar surface area (TPSA) is 70.6 Å². The Morgan fingerprint density at radius 2 is 2.37 bits per heavy atom. The minimum atomic E-state index is -0.117. The molecule has 1 aromatic carbocycles. The van der Waals surface area contributed by atoms with Crippen LogP contribution in [0.3, 0.4) is 0 Å². The number of amides is 1. The Balaban J connectivity index is 1.91. The Kier molecular flexibility index (Phi) is 4.76. The molecule has 1 amide bonds. The first-order valence-corrected chi connectivity index (χ1v) is 6.59. The first kappa shape index (κ1) is 13.8. The van der Waals surface area contributed by atoms with Gasteiger partial charge in [-0.3, -0.25) is 4.79 Å². The molecule has 1 aliphatic rings. The predicted octanol–water partition coefficient (Wildman–Crippen LogP) is 1.27. The Morgan fingerprint density at radius 1 is 1.53 bits per heavy atom. The summed E-state index contributed by atoms with van der Waals surface area (Å²) in [6, 6.07) is 6.15. The van der Waals surface area contributed by atoms with Gasteiger partial charge in [0.25, 0.3) is 5.91 Å². The van der Waals surface area contributed by atoms with Crippen molar-refractivity contribution in [2.45, 2.75) is 32.4 Å². The molecule has 0 saturated heterocycles. The summed E-state index contributed by atoms with van der Waals surface area (Å²) >= 11 is 0. The third-order valence-corrected chi connectivity index (χ3v) is 3.13. The molecule has 0 radical (unpaired) electrons. The Labute approximate surface area is 113 Å². The van der Waals surface area contributed by atoms with E-state index < -0.39 is 0 Å². The summed E-state index contributed by atoms with van der Waals surface area (Å²) in [5.41, 5.74) is 1.83. The summed E-state index contributed by atoms with van der Waals surface area (Å²) in [5.74, 6) is 0.602. The Morgan fingerprint density at radius 3 is 3.16 bits per heavy atom. The van der Waals surface area contributed by atoms with Crippen molar-refractivity contribution in [1.82, 2.24) is 5.32 Å². The van der Waals surface area contributed by atoms with Crippen molar-refractivity contribution in [3.63, 3.8) is 0 Å². The van der Waals surface area contributed by atoms with Crippen LogP contribution in [0, 0.1) is 0 Å². The number of aliphatic hydroxyl groups is 1. The number of fused-ring (bicyclic) bond motifs is 1. The maximum Gasteiger partial charge on any atom is 0.262 e. The second-order valence-electron chi connectivity index (χ2n) is 4.82. The molecule has 1 aliphatic heterocycles. The summed E-state index contributed by atoms with van der Waals surface area (Å²) in [7, 11) is 0. The average Bonchev–Trinajstić information content (AvgIpc) is 2.42. The van der Waals surface area contributed by atoms with Crippen LogP contribution in [0.2, 0.25) is 0 Å². The zero-order chi connectivity index (χ0) is 13.7. The van der Waals surface area contributed by atoms with Gasteiger partial charge in [0.1, 0.15) is 5.75 Å². The normalized spacial score (nSPS) is 15.4. The zero-order valence-corrected chi connectivity index (χ0v) is 11.1. The van der Waals surface area contributed by atoms with Crippen molar-refractivity contribution in [2.24, 2.45) is 0 Å². The van der Waals surface area contributed by atoms with Crippen LogP contribution < -0.4 is 15.4 Å². The first-order chi connectivity index (χ1) is 9.19. The van der Waals surface area contributed by atoms with E-state index in [2.05, 4.69) is 17.6 Å². The number of rotatable bonds is 6. The third kappa shape index (κ3) is 3.94. The molecule has 19 heavy (non-hydrogen) atoms. The monoisotopic (exact) mass is 264 g/mol. The molecule has 3 N–H and O–H groups in total. The molecular formula is C14H20N2O3. The van der Waals surface area contributed by atoms with Crippen molar-refractivity contribution < 1.29 is 14.6 Å². The van der Waals surface area contributed by atoms with Gasteiger partial charge in [0.2, 0.25) is 0 Å². The van der Waals surface area contributed by atoms with Crippen molar-refractivity contribution in [3.05, 3.63) is 23.8 Å². The lowest BCUT2D eigenvalue weighted by Crippen LogP contribution is -2.27. The molecule has 1 unspecified atom stereocenters. The largest absolute Gasteiger partial charge is 0.482 e. The summed E-state index contributed by atoms with van der Waals surface area (Å²) in [6.45, 7) is 3.14. The highest BCUT2D eigenvalue weighted by atomic mass is 16.5. The summed E-state index contributed by atoms with van der Waals surface area (Å²) in [6.07, 6.45) is 1.75. The predicted molar refractivity (Wildman–Crippen MR) is 73.2 cm³/mol. The van der Waals surface area contributed by atoms with E-state index in [4.69, 9.17) is 9.84 Å². The average molecular weight is 264 g/mol. The Hall–Kier alpha value is -1.59. The van der Waals surface area contributed by atoms with Crippen LogP contribution in [0.25, 0.3) is 0 Å². The van der Waals surface area contributed by atoms with E-state index in [1.807, 2.05) is 18.2 Å². The number of carbonyl (C=O) groups excluding carboxylic acids is 1. The summed E-state index contributed by atoms with van der Waals surface area (Å²) < 4.78 is 5.31. The van der Waals surface area contributed by atoms with Crippen molar-refractivity contribution in [3.8, 4) is 5.75 Å². The van der Waals surface area contributed by atoms with E-state index in [0.29, 0.717) is 6.04 Å². The lowest BCUT2D eigenvalue weighted by molar-refractivity contribution is -0.118. The van der Waals surface area contributed by atoms with Gasteiger partial charge in [-0.15, -0.1) is 0 Å². The number of aliphatic hydroxyl groups excluding tert-OH is 1. The number of ether oxygens (including phenoxy) is 1. The van der Waals surface area contributed by atoms with Crippen molar-refractivity contribution in [2.75, 3.05) is 18.5 Å². The maximum absolute atomic E-state index is 11.2. The van der Waals surface area contributed by atoms with Crippen LogP contribution in [0.1, 0.15) is 25.3 Å². The molecular weight excluding hydrogens is 244 g/mol. The third-order valence-electron chi connectivity index (χ3n) is 3.13. The first-order valence-electron chi connectivity index (χ1n) is 6.59. The van der Waals surface area contributed by atoms with Gasteiger partial charge in [-0.2, -0.15) is 0 Å². The fourth-order valence-electron chi connectivity index (χ4n) is 2.03. The van der Waals surface area contributed by atoms with Crippen LogP contribution in [0.15, 0.2) is 18.2 Å².